The first-order chi connectivity index (χ1) is 14.3. The van der Waals surface area contributed by atoms with Crippen LogP contribution < -0.4 is 5.32 Å². The molecule has 1 N–H and O–H groups in total. The molecule has 154 valence electrons. The van der Waals surface area contributed by atoms with E-state index in [0.29, 0.717) is 10.6 Å². The van der Waals surface area contributed by atoms with Crippen LogP contribution in [0.2, 0.25) is 0 Å². The number of rotatable bonds is 6. The maximum Gasteiger partial charge on any atom is 0.341 e. The molecule has 0 fully saturated rings. The fourth-order valence-corrected chi connectivity index (χ4v) is 4.00. The van der Waals surface area contributed by atoms with Crippen LogP contribution >= 0.6 is 11.8 Å². The Balaban J connectivity index is 1.71. The summed E-state index contributed by atoms with van der Waals surface area (Å²) in [6, 6.07) is 17.0. The Kier molecular flexibility index (Phi) is 6.90. The van der Waals surface area contributed by atoms with Crippen LogP contribution in [0.15, 0.2) is 70.7 Å². The molecule has 30 heavy (non-hydrogen) atoms. The van der Waals surface area contributed by atoms with Gasteiger partial charge in [-0.25, -0.2) is 9.78 Å². The highest BCUT2D eigenvalue weighted by molar-refractivity contribution is 7.99. The Hall–Kier alpha value is -3.12. The summed E-state index contributed by atoms with van der Waals surface area (Å²) in [5, 5.41) is 3.41. The van der Waals surface area contributed by atoms with Crippen molar-refractivity contribution in [2.75, 3.05) is 5.32 Å². The summed E-state index contributed by atoms with van der Waals surface area (Å²) in [5.74, 6) is -0.957. The number of benzene rings is 2. The fourth-order valence-electron chi connectivity index (χ4n) is 3.11. The van der Waals surface area contributed by atoms with E-state index in [9.17, 15) is 9.59 Å². The molecule has 0 aliphatic rings. The number of esters is 1. The molecular formula is C24H24N2O3S. The number of pyridine rings is 1. The fraction of sp³-hybridized carbons (Fsp3) is 0.208. The third kappa shape index (κ3) is 5.27. The van der Waals surface area contributed by atoms with Gasteiger partial charge < -0.3 is 10.1 Å². The first-order valence-electron chi connectivity index (χ1n) is 9.62. The minimum atomic E-state index is -0.951. The standard InChI is InChI=1S/C24H24N2O3S/c1-15-13-16(2)21(17(3)14-15)26-22(27)18(4)29-24(28)20-11-8-12-25-23(20)30-19-9-6-5-7-10-19/h5-14,18H,1-4H3,(H,26,27). The highest BCUT2D eigenvalue weighted by Gasteiger charge is 2.22. The average Bonchev–Trinajstić information content (AvgIpc) is 2.71. The smallest absolute Gasteiger partial charge is 0.341 e. The molecule has 1 unspecified atom stereocenters. The molecular weight excluding hydrogens is 396 g/mol. The zero-order chi connectivity index (χ0) is 21.7. The topological polar surface area (TPSA) is 68.3 Å². The van der Waals surface area contributed by atoms with Crippen molar-refractivity contribution in [3.05, 3.63) is 83.0 Å². The summed E-state index contributed by atoms with van der Waals surface area (Å²) in [4.78, 5) is 30.6. The van der Waals surface area contributed by atoms with E-state index in [-0.39, 0.29) is 5.91 Å². The summed E-state index contributed by atoms with van der Waals surface area (Å²) in [7, 11) is 0. The number of nitrogens with zero attached hydrogens (tertiary/aromatic N) is 1. The van der Waals surface area contributed by atoms with E-state index in [1.165, 1.54) is 11.8 Å². The molecule has 0 spiro atoms. The minimum Gasteiger partial charge on any atom is -0.449 e. The van der Waals surface area contributed by atoms with Crippen molar-refractivity contribution in [1.29, 1.82) is 0 Å². The molecule has 0 aliphatic carbocycles. The van der Waals surface area contributed by atoms with E-state index in [1.807, 2.05) is 63.2 Å². The van der Waals surface area contributed by atoms with Crippen molar-refractivity contribution in [3.63, 3.8) is 0 Å². The van der Waals surface area contributed by atoms with Gasteiger partial charge in [-0.3, -0.25) is 4.79 Å². The lowest BCUT2D eigenvalue weighted by molar-refractivity contribution is -0.123. The number of nitrogens with one attached hydrogen (secondary N) is 1. The Bertz CT molecular complexity index is 1040. The van der Waals surface area contributed by atoms with Gasteiger partial charge in [-0.15, -0.1) is 0 Å². The van der Waals surface area contributed by atoms with Crippen molar-refractivity contribution in [3.8, 4) is 0 Å². The highest BCUT2D eigenvalue weighted by atomic mass is 32.2. The Morgan fingerprint density at radius 2 is 1.67 bits per heavy atom. The lowest BCUT2D eigenvalue weighted by atomic mass is 10.0. The second kappa shape index (κ2) is 9.59. The lowest BCUT2D eigenvalue weighted by Crippen LogP contribution is -2.30. The van der Waals surface area contributed by atoms with Gasteiger partial charge in [-0.1, -0.05) is 47.7 Å². The summed E-state index contributed by atoms with van der Waals surface area (Å²) in [5.41, 5.74) is 4.13. The largest absolute Gasteiger partial charge is 0.449 e. The number of hydrogen-bond donors (Lipinski definition) is 1. The normalized spacial score (nSPS) is 11.6. The second-order valence-electron chi connectivity index (χ2n) is 7.08. The monoisotopic (exact) mass is 420 g/mol. The van der Waals surface area contributed by atoms with Crippen molar-refractivity contribution in [2.24, 2.45) is 0 Å². The second-order valence-corrected chi connectivity index (χ2v) is 8.14. The van der Waals surface area contributed by atoms with Crippen LogP contribution in [0.1, 0.15) is 34.0 Å². The summed E-state index contributed by atoms with van der Waals surface area (Å²) in [6.45, 7) is 7.45. The molecule has 3 aromatic rings. The molecule has 0 aliphatic heterocycles. The number of aromatic nitrogens is 1. The molecule has 1 heterocycles. The Morgan fingerprint density at radius 3 is 2.33 bits per heavy atom. The number of ether oxygens (including phenoxy) is 1. The van der Waals surface area contributed by atoms with Gasteiger partial charge in [0.1, 0.15) is 5.03 Å². The molecule has 0 radical (unpaired) electrons. The minimum absolute atomic E-state index is 0.328. The number of carbonyl (C=O) groups excluding carboxylic acids is 2. The predicted octanol–water partition coefficient (Wildman–Crippen LogP) is 5.34. The molecule has 1 amide bonds. The van der Waals surface area contributed by atoms with E-state index < -0.39 is 12.1 Å². The molecule has 1 atom stereocenters. The summed E-state index contributed by atoms with van der Waals surface area (Å²) >= 11 is 1.37. The maximum atomic E-state index is 12.7. The zero-order valence-electron chi connectivity index (χ0n) is 17.4. The number of hydrogen-bond acceptors (Lipinski definition) is 5. The van der Waals surface area contributed by atoms with Gasteiger partial charge in [0, 0.05) is 16.8 Å². The maximum absolute atomic E-state index is 12.7. The molecule has 3 rings (SSSR count). The first-order valence-corrected chi connectivity index (χ1v) is 10.4. The van der Waals surface area contributed by atoms with E-state index in [4.69, 9.17) is 4.74 Å². The number of anilines is 1. The van der Waals surface area contributed by atoms with Gasteiger partial charge in [0.2, 0.25) is 0 Å². The van der Waals surface area contributed by atoms with E-state index in [1.54, 1.807) is 25.3 Å². The number of amides is 1. The first kappa shape index (κ1) is 21.6. The van der Waals surface area contributed by atoms with Gasteiger partial charge in [0.25, 0.3) is 5.91 Å². The number of aryl methyl sites for hydroxylation is 3. The quantitative estimate of drug-likeness (QED) is 0.545. The van der Waals surface area contributed by atoms with Gasteiger partial charge in [0.05, 0.1) is 5.56 Å². The molecule has 2 aromatic carbocycles. The third-order valence-electron chi connectivity index (χ3n) is 4.53. The molecule has 0 saturated heterocycles. The highest BCUT2D eigenvalue weighted by Crippen LogP contribution is 2.29. The Morgan fingerprint density at radius 1 is 1.00 bits per heavy atom. The van der Waals surface area contributed by atoms with Gasteiger partial charge in [-0.05, 0) is 63.1 Å². The Labute approximate surface area is 180 Å². The molecule has 5 nitrogen and oxygen atoms in total. The lowest BCUT2D eigenvalue weighted by Gasteiger charge is -2.17. The van der Waals surface area contributed by atoms with Crippen molar-refractivity contribution in [2.45, 2.75) is 43.7 Å². The van der Waals surface area contributed by atoms with Crippen LogP contribution in [0, 0.1) is 20.8 Å². The van der Waals surface area contributed by atoms with Crippen LogP contribution in [0.5, 0.6) is 0 Å². The van der Waals surface area contributed by atoms with Crippen LogP contribution in [-0.4, -0.2) is 23.0 Å². The summed E-state index contributed by atoms with van der Waals surface area (Å²) < 4.78 is 5.45. The van der Waals surface area contributed by atoms with Crippen molar-refractivity contribution >= 4 is 29.3 Å². The molecule has 0 bridgehead atoms. The van der Waals surface area contributed by atoms with Gasteiger partial charge in [0.15, 0.2) is 6.10 Å². The van der Waals surface area contributed by atoms with Gasteiger partial charge >= 0.3 is 5.97 Å². The summed E-state index contributed by atoms with van der Waals surface area (Å²) in [6.07, 6.45) is 0.675. The van der Waals surface area contributed by atoms with Crippen LogP contribution in [0.3, 0.4) is 0 Å². The third-order valence-corrected chi connectivity index (χ3v) is 5.55. The number of carbonyl (C=O) groups is 2. The predicted molar refractivity (Wildman–Crippen MR) is 119 cm³/mol. The van der Waals surface area contributed by atoms with Crippen LogP contribution in [-0.2, 0) is 9.53 Å². The van der Waals surface area contributed by atoms with E-state index in [2.05, 4.69) is 10.3 Å². The molecule has 6 heteroatoms. The van der Waals surface area contributed by atoms with Crippen molar-refractivity contribution < 1.29 is 14.3 Å². The zero-order valence-corrected chi connectivity index (χ0v) is 18.2. The van der Waals surface area contributed by atoms with E-state index >= 15 is 0 Å². The van der Waals surface area contributed by atoms with Crippen LogP contribution in [0.25, 0.3) is 0 Å². The molecule has 0 saturated carbocycles. The average molecular weight is 421 g/mol. The SMILES string of the molecule is Cc1cc(C)c(NC(=O)C(C)OC(=O)c2cccnc2Sc2ccccc2)c(C)c1. The van der Waals surface area contributed by atoms with E-state index in [0.717, 1.165) is 27.3 Å². The molecule has 1 aromatic heterocycles. The van der Waals surface area contributed by atoms with Gasteiger partial charge in [-0.2, -0.15) is 0 Å². The van der Waals surface area contributed by atoms with Crippen molar-refractivity contribution in [1.82, 2.24) is 4.98 Å². The van der Waals surface area contributed by atoms with Crippen LogP contribution in [0.4, 0.5) is 5.69 Å².